The highest BCUT2D eigenvalue weighted by molar-refractivity contribution is 5.48. The Balaban J connectivity index is 1.67. The Morgan fingerprint density at radius 2 is 1.95 bits per heavy atom. The van der Waals surface area contributed by atoms with Gasteiger partial charge in [0.05, 0.1) is 24.1 Å². The van der Waals surface area contributed by atoms with Gasteiger partial charge in [-0.3, -0.25) is 9.97 Å². The molecule has 3 rings (SSSR count). The number of hydrogen-bond acceptors (Lipinski definition) is 5. The smallest absolute Gasteiger partial charge is 0.138 e. The second kappa shape index (κ2) is 5.26. The maximum absolute atomic E-state index is 4.20. The minimum Gasteiger partial charge on any atom is -0.379 e. The molecular weight excluding hydrogens is 240 g/mol. The number of aromatic nitrogens is 5. The summed E-state index contributed by atoms with van der Waals surface area (Å²) in [7, 11) is 0. The van der Waals surface area contributed by atoms with Crippen molar-refractivity contribution >= 4 is 5.69 Å². The molecule has 0 unspecified atom stereocenters. The third-order valence-electron chi connectivity index (χ3n) is 2.64. The molecule has 0 spiro atoms. The van der Waals surface area contributed by atoms with E-state index in [1.54, 1.807) is 29.6 Å². The van der Waals surface area contributed by atoms with E-state index in [0.717, 1.165) is 17.1 Å². The number of nitrogens with one attached hydrogen (secondary N) is 1. The van der Waals surface area contributed by atoms with Crippen molar-refractivity contribution in [1.29, 1.82) is 0 Å². The van der Waals surface area contributed by atoms with Crippen LogP contribution < -0.4 is 5.32 Å². The molecule has 0 aliphatic heterocycles. The van der Waals surface area contributed by atoms with Crippen LogP contribution in [-0.4, -0.2) is 24.7 Å². The zero-order valence-corrected chi connectivity index (χ0v) is 10.1. The van der Waals surface area contributed by atoms with E-state index in [-0.39, 0.29) is 0 Å². The number of anilines is 1. The predicted molar refractivity (Wildman–Crippen MR) is 70.7 cm³/mol. The molecule has 0 saturated heterocycles. The monoisotopic (exact) mass is 252 g/mol. The Kier molecular flexibility index (Phi) is 3.14. The normalized spacial score (nSPS) is 10.3. The molecule has 0 fully saturated rings. The topological polar surface area (TPSA) is 68.5 Å². The summed E-state index contributed by atoms with van der Waals surface area (Å²) < 4.78 is 1.71. The molecule has 6 nitrogen and oxygen atoms in total. The van der Waals surface area contributed by atoms with Crippen molar-refractivity contribution in [2.75, 3.05) is 5.32 Å². The van der Waals surface area contributed by atoms with E-state index >= 15 is 0 Å². The third-order valence-corrected chi connectivity index (χ3v) is 2.64. The van der Waals surface area contributed by atoms with E-state index in [0.29, 0.717) is 6.54 Å². The van der Waals surface area contributed by atoms with Crippen molar-refractivity contribution in [1.82, 2.24) is 24.7 Å². The van der Waals surface area contributed by atoms with Crippen LogP contribution in [0.4, 0.5) is 5.69 Å². The fraction of sp³-hybridized carbons (Fsp3) is 0.0769. The molecule has 1 N–H and O–H groups in total. The molecule has 2 heterocycles. The minimum absolute atomic E-state index is 0.649. The number of benzene rings is 1. The lowest BCUT2D eigenvalue weighted by atomic mass is 10.3. The predicted octanol–water partition coefficient (Wildman–Crippen LogP) is 1.67. The van der Waals surface area contributed by atoms with Crippen LogP contribution in [0.2, 0.25) is 0 Å². The Morgan fingerprint density at radius 1 is 1.05 bits per heavy atom. The van der Waals surface area contributed by atoms with Gasteiger partial charge in [0.15, 0.2) is 0 Å². The summed E-state index contributed by atoms with van der Waals surface area (Å²) in [6.07, 6.45) is 8.28. The standard InChI is InChI=1S/C13H12N6/c1-3-13(19-10-15-9-18-19)4-2-11(1)17-8-12-7-14-5-6-16-12/h1-7,9-10,17H,8H2. The molecule has 94 valence electrons. The fourth-order valence-corrected chi connectivity index (χ4v) is 1.69. The lowest BCUT2D eigenvalue weighted by Crippen LogP contribution is -2.02. The van der Waals surface area contributed by atoms with Crippen LogP contribution in [0.3, 0.4) is 0 Å². The van der Waals surface area contributed by atoms with Crippen LogP contribution in [0.1, 0.15) is 5.69 Å². The van der Waals surface area contributed by atoms with Gasteiger partial charge in [-0.25, -0.2) is 9.67 Å². The van der Waals surface area contributed by atoms with Gasteiger partial charge in [0, 0.05) is 18.1 Å². The maximum Gasteiger partial charge on any atom is 0.138 e. The van der Waals surface area contributed by atoms with Crippen LogP contribution in [0.15, 0.2) is 55.5 Å². The Hall–Kier alpha value is -2.76. The summed E-state index contributed by atoms with van der Waals surface area (Å²) in [6, 6.07) is 7.95. The van der Waals surface area contributed by atoms with Crippen LogP contribution in [0.5, 0.6) is 0 Å². The van der Waals surface area contributed by atoms with Gasteiger partial charge in [0.2, 0.25) is 0 Å². The summed E-state index contributed by atoms with van der Waals surface area (Å²) in [6.45, 7) is 0.649. The summed E-state index contributed by atoms with van der Waals surface area (Å²) in [4.78, 5) is 12.1. The van der Waals surface area contributed by atoms with E-state index in [1.165, 1.54) is 6.33 Å². The maximum atomic E-state index is 4.20. The van der Waals surface area contributed by atoms with E-state index in [2.05, 4.69) is 25.4 Å². The van der Waals surface area contributed by atoms with Crippen molar-refractivity contribution in [2.45, 2.75) is 6.54 Å². The second-order valence-electron chi connectivity index (χ2n) is 3.94. The second-order valence-corrected chi connectivity index (χ2v) is 3.94. The van der Waals surface area contributed by atoms with Gasteiger partial charge < -0.3 is 5.32 Å². The van der Waals surface area contributed by atoms with Gasteiger partial charge in [-0.05, 0) is 24.3 Å². The van der Waals surface area contributed by atoms with E-state index in [4.69, 9.17) is 0 Å². The van der Waals surface area contributed by atoms with Crippen LogP contribution in [-0.2, 0) is 6.54 Å². The minimum atomic E-state index is 0.649. The zero-order valence-electron chi connectivity index (χ0n) is 10.1. The van der Waals surface area contributed by atoms with Crippen molar-refractivity contribution in [3.63, 3.8) is 0 Å². The molecule has 6 heteroatoms. The van der Waals surface area contributed by atoms with Crippen LogP contribution >= 0.6 is 0 Å². The van der Waals surface area contributed by atoms with Crippen LogP contribution in [0.25, 0.3) is 5.69 Å². The Labute approximate surface area is 110 Å². The molecule has 3 aromatic rings. The molecule has 2 aromatic heterocycles. The van der Waals surface area contributed by atoms with Gasteiger partial charge >= 0.3 is 0 Å². The first-order valence-corrected chi connectivity index (χ1v) is 5.86. The van der Waals surface area contributed by atoms with Gasteiger partial charge in [0.25, 0.3) is 0 Å². The van der Waals surface area contributed by atoms with E-state index in [9.17, 15) is 0 Å². The molecule has 0 aliphatic carbocycles. The average molecular weight is 252 g/mol. The van der Waals surface area contributed by atoms with Gasteiger partial charge in [-0.15, -0.1) is 0 Å². The van der Waals surface area contributed by atoms with Gasteiger partial charge in [0.1, 0.15) is 12.7 Å². The fourth-order valence-electron chi connectivity index (χ4n) is 1.69. The molecule has 0 atom stereocenters. The van der Waals surface area contributed by atoms with Crippen molar-refractivity contribution < 1.29 is 0 Å². The lowest BCUT2D eigenvalue weighted by Gasteiger charge is -2.06. The van der Waals surface area contributed by atoms with E-state index in [1.807, 2.05) is 24.3 Å². The highest BCUT2D eigenvalue weighted by atomic mass is 15.3. The molecule has 0 aliphatic rings. The van der Waals surface area contributed by atoms with Crippen LogP contribution in [0, 0.1) is 0 Å². The average Bonchev–Trinajstić information content (AvgIpc) is 3.01. The van der Waals surface area contributed by atoms with Crippen molar-refractivity contribution in [3.05, 3.63) is 61.2 Å². The van der Waals surface area contributed by atoms with Crippen molar-refractivity contribution in [2.24, 2.45) is 0 Å². The first-order valence-electron chi connectivity index (χ1n) is 5.86. The van der Waals surface area contributed by atoms with Gasteiger partial charge in [-0.2, -0.15) is 5.10 Å². The zero-order chi connectivity index (χ0) is 12.9. The Bertz CT molecular complexity index is 618. The third kappa shape index (κ3) is 2.74. The highest BCUT2D eigenvalue weighted by Crippen LogP contribution is 2.12. The molecule has 0 saturated carbocycles. The summed E-state index contributed by atoms with van der Waals surface area (Å²) in [5.41, 5.74) is 2.90. The number of rotatable bonds is 4. The molecule has 19 heavy (non-hydrogen) atoms. The number of nitrogens with zero attached hydrogens (tertiary/aromatic N) is 5. The first-order chi connectivity index (χ1) is 9.42. The quantitative estimate of drug-likeness (QED) is 0.765. The number of hydrogen-bond donors (Lipinski definition) is 1. The summed E-state index contributed by atoms with van der Waals surface area (Å²) >= 11 is 0. The first kappa shape index (κ1) is 11.3. The van der Waals surface area contributed by atoms with Gasteiger partial charge in [-0.1, -0.05) is 0 Å². The Morgan fingerprint density at radius 3 is 2.63 bits per heavy atom. The van der Waals surface area contributed by atoms with E-state index < -0.39 is 0 Å². The molecule has 0 amide bonds. The summed E-state index contributed by atoms with van der Waals surface area (Å²) in [5.74, 6) is 0. The molecule has 0 radical (unpaired) electrons. The summed E-state index contributed by atoms with van der Waals surface area (Å²) in [5, 5.41) is 7.36. The highest BCUT2D eigenvalue weighted by Gasteiger charge is 1.98. The molecular formula is C13H12N6. The molecule has 0 bridgehead atoms. The lowest BCUT2D eigenvalue weighted by molar-refractivity contribution is 0.879. The molecule has 1 aromatic carbocycles. The van der Waals surface area contributed by atoms with Crippen molar-refractivity contribution in [3.8, 4) is 5.69 Å². The SMILES string of the molecule is c1cnc(CNc2ccc(-n3cncn3)cc2)cn1. The largest absolute Gasteiger partial charge is 0.379 e.